The molecule has 0 spiro atoms. The van der Waals surface area contributed by atoms with Gasteiger partial charge < -0.3 is 5.32 Å². The first kappa shape index (κ1) is 18.3. The Labute approximate surface area is 138 Å². The highest BCUT2D eigenvalue weighted by atomic mass is 127. The molecule has 1 atom stereocenters. The predicted octanol–water partition coefficient (Wildman–Crippen LogP) is 4.30. The highest BCUT2D eigenvalue weighted by Crippen LogP contribution is 2.26. The molecule has 1 aromatic rings. The molecule has 21 heavy (non-hydrogen) atoms. The van der Waals surface area contributed by atoms with E-state index in [2.05, 4.69) is 26.1 Å². The summed E-state index contributed by atoms with van der Waals surface area (Å²) in [6.45, 7) is 7.16. The van der Waals surface area contributed by atoms with E-state index in [0.29, 0.717) is 17.9 Å². The zero-order valence-electron chi connectivity index (χ0n) is 12.7. The Bertz CT molecular complexity index is 495. The second-order valence-electron chi connectivity index (χ2n) is 5.64. The lowest BCUT2D eigenvalue weighted by Crippen LogP contribution is -2.33. The summed E-state index contributed by atoms with van der Waals surface area (Å²) in [5.41, 5.74) is 0.472. The fourth-order valence-corrected chi connectivity index (χ4v) is 2.78. The first-order valence-corrected chi connectivity index (χ1v) is 8.28. The average Bonchev–Trinajstić information content (AvgIpc) is 2.38. The number of nitrogens with zero attached hydrogens (tertiary/aromatic N) is 1. The van der Waals surface area contributed by atoms with Crippen molar-refractivity contribution in [3.8, 4) is 0 Å². The van der Waals surface area contributed by atoms with Crippen molar-refractivity contribution in [2.75, 3.05) is 6.54 Å². The maximum Gasteiger partial charge on any atom is 0.273 e. The normalized spacial score (nSPS) is 12.7. The van der Waals surface area contributed by atoms with Crippen molar-refractivity contribution in [2.45, 2.75) is 46.1 Å². The van der Waals surface area contributed by atoms with Crippen molar-refractivity contribution >= 4 is 28.3 Å². The molecule has 0 radical (unpaired) electrons. The van der Waals surface area contributed by atoms with Crippen LogP contribution in [0.3, 0.4) is 0 Å². The van der Waals surface area contributed by atoms with Gasteiger partial charge in [-0.3, -0.25) is 10.1 Å². The highest BCUT2D eigenvalue weighted by Gasteiger charge is 2.21. The van der Waals surface area contributed by atoms with Crippen molar-refractivity contribution < 1.29 is 9.31 Å². The van der Waals surface area contributed by atoms with Crippen molar-refractivity contribution in [1.29, 1.82) is 0 Å². The van der Waals surface area contributed by atoms with E-state index >= 15 is 0 Å². The number of hydrogen-bond donors (Lipinski definition) is 1. The van der Waals surface area contributed by atoms with Crippen LogP contribution in [0.25, 0.3) is 0 Å². The predicted molar refractivity (Wildman–Crippen MR) is 91.0 cm³/mol. The molecule has 1 aromatic carbocycles. The number of nitro groups is 1. The summed E-state index contributed by atoms with van der Waals surface area (Å²) in [5.74, 6) is 0.0853. The van der Waals surface area contributed by atoms with Crippen LogP contribution in [0, 0.1) is 25.4 Å². The molecule has 0 aliphatic carbocycles. The highest BCUT2D eigenvalue weighted by molar-refractivity contribution is 14.1. The van der Waals surface area contributed by atoms with Crippen LogP contribution in [-0.2, 0) is 6.42 Å². The number of rotatable bonds is 8. The smallest absolute Gasteiger partial charge is 0.273 e. The van der Waals surface area contributed by atoms with Gasteiger partial charge in [-0.2, -0.15) is 0 Å². The Morgan fingerprint density at radius 1 is 1.43 bits per heavy atom. The number of nitro benzene ring substituents is 1. The molecule has 1 unspecified atom stereocenters. The first-order valence-electron chi connectivity index (χ1n) is 7.20. The van der Waals surface area contributed by atoms with Crippen LogP contribution in [0.5, 0.6) is 0 Å². The van der Waals surface area contributed by atoms with Crippen LogP contribution < -0.4 is 5.32 Å². The van der Waals surface area contributed by atoms with Crippen LogP contribution in [0.1, 0.15) is 39.2 Å². The minimum absolute atomic E-state index is 0.00727. The van der Waals surface area contributed by atoms with Gasteiger partial charge in [0.25, 0.3) is 5.69 Å². The zero-order valence-corrected chi connectivity index (χ0v) is 14.8. The lowest BCUT2D eigenvalue weighted by molar-refractivity contribution is -0.385. The van der Waals surface area contributed by atoms with Gasteiger partial charge in [0.2, 0.25) is 0 Å². The zero-order chi connectivity index (χ0) is 16.0. The van der Waals surface area contributed by atoms with Gasteiger partial charge in [0.05, 0.1) is 8.49 Å². The molecule has 0 heterocycles. The summed E-state index contributed by atoms with van der Waals surface area (Å²) in [6, 6.07) is 2.75. The van der Waals surface area contributed by atoms with Crippen LogP contribution >= 0.6 is 22.6 Å². The second kappa shape index (κ2) is 8.63. The Kier molecular flexibility index (Phi) is 7.51. The van der Waals surface area contributed by atoms with Crippen molar-refractivity contribution in [1.82, 2.24) is 5.32 Å². The molecule has 0 aromatic heterocycles. The van der Waals surface area contributed by atoms with Crippen LogP contribution in [0.2, 0.25) is 0 Å². The van der Waals surface area contributed by atoms with Gasteiger partial charge in [0.1, 0.15) is 5.82 Å². The minimum atomic E-state index is -0.427. The van der Waals surface area contributed by atoms with Gasteiger partial charge in [-0.05, 0) is 60.4 Å². The lowest BCUT2D eigenvalue weighted by atomic mass is 9.96. The molecule has 0 saturated heterocycles. The molecule has 4 nitrogen and oxygen atoms in total. The molecule has 6 heteroatoms. The summed E-state index contributed by atoms with van der Waals surface area (Å²) >= 11 is 1.78. The number of benzene rings is 1. The lowest BCUT2D eigenvalue weighted by Gasteiger charge is -2.20. The molecule has 0 aliphatic rings. The van der Waals surface area contributed by atoms with E-state index < -0.39 is 10.7 Å². The van der Waals surface area contributed by atoms with Gasteiger partial charge in [-0.1, -0.05) is 20.8 Å². The third-order valence-corrected chi connectivity index (χ3v) is 4.05. The summed E-state index contributed by atoms with van der Waals surface area (Å²) in [6.07, 6.45) is 2.38. The van der Waals surface area contributed by atoms with E-state index in [1.165, 1.54) is 12.1 Å². The third-order valence-electron chi connectivity index (χ3n) is 3.22. The second-order valence-corrected chi connectivity index (χ2v) is 6.80. The van der Waals surface area contributed by atoms with Crippen molar-refractivity contribution in [3.05, 3.63) is 37.2 Å². The molecular weight excluding hydrogens is 386 g/mol. The van der Waals surface area contributed by atoms with E-state index in [9.17, 15) is 14.5 Å². The largest absolute Gasteiger partial charge is 0.314 e. The average molecular weight is 408 g/mol. The molecular formula is C15H22FIN2O2. The molecule has 118 valence electrons. The molecule has 0 fully saturated rings. The Morgan fingerprint density at radius 2 is 2.10 bits per heavy atom. The van der Waals surface area contributed by atoms with Crippen LogP contribution in [0.4, 0.5) is 10.1 Å². The van der Waals surface area contributed by atoms with Gasteiger partial charge in [-0.25, -0.2) is 4.39 Å². The van der Waals surface area contributed by atoms with E-state index in [0.717, 1.165) is 19.4 Å². The summed E-state index contributed by atoms with van der Waals surface area (Å²) in [5, 5.41) is 14.6. The molecule has 1 rings (SSSR count). The Balaban J connectivity index is 3.00. The van der Waals surface area contributed by atoms with E-state index in [1.54, 1.807) is 22.6 Å². The Morgan fingerprint density at radius 3 is 2.62 bits per heavy atom. The number of nitrogens with one attached hydrogen (secondary N) is 1. The van der Waals surface area contributed by atoms with Crippen LogP contribution in [-0.4, -0.2) is 17.5 Å². The molecule has 0 amide bonds. The number of hydrogen-bond acceptors (Lipinski definition) is 3. The van der Waals surface area contributed by atoms with E-state index in [-0.39, 0.29) is 15.3 Å². The monoisotopic (exact) mass is 408 g/mol. The summed E-state index contributed by atoms with van der Waals surface area (Å²) in [7, 11) is 0. The molecule has 1 N–H and O–H groups in total. The molecule has 0 aliphatic heterocycles. The van der Waals surface area contributed by atoms with Crippen molar-refractivity contribution in [2.24, 2.45) is 5.92 Å². The standard InChI is InChI=1S/C15H22FIN2O2/c1-4-5-18-12(6-10(2)3)7-11-8-13(16)14(17)9-15(11)19(20)21/h8-10,12,18H,4-7H2,1-3H3. The summed E-state index contributed by atoms with van der Waals surface area (Å²) < 4.78 is 14.0. The fraction of sp³-hybridized carbons (Fsp3) is 0.600. The van der Waals surface area contributed by atoms with Crippen molar-refractivity contribution in [3.63, 3.8) is 0 Å². The van der Waals surface area contributed by atoms with Gasteiger partial charge in [-0.15, -0.1) is 0 Å². The van der Waals surface area contributed by atoms with Gasteiger partial charge in [0.15, 0.2) is 0 Å². The van der Waals surface area contributed by atoms with E-state index in [1.807, 2.05) is 0 Å². The molecule has 0 bridgehead atoms. The third kappa shape index (κ3) is 5.86. The number of halogens is 2. The quantitative estimate of drug-likeness (QED) is 0.397. The first-order chi connectivity index (χ1) is 9.85. The molecule has 0 saturated carbocycles. The SMILES string of the molecule is CCCNC(Cc1cc(F)c(I)cc1[N+](=O)[O-])CC(C)C. The van der Waals surface area contributed by atoms with Gasteiger partial charge in [0, 0.05) is 17.7 Å². The minimum Gasteiger partial charge on any atom is -0.314 e. The summed E-state index contributed by atoms with van der Waals surface area (Å²) in [4.78, 5) is 10.7. The van der Waals surface area contributed by atoms with Gasteiger partial charge >= 0.3 is 0 Å². The van der Waals surface area contributed by atoms with E-state index in [4.69, 9.17) is 0 Å². The Hall–Kier alpha value is -0.760. The topological polar surface area (TPSA) is 55.2 Å². The maximum atomic E-state index is 13.7. The fourth-order valence-electron chi connectivity index (χ4n) is 2.33. The maximum absolute atomic E-state index is 13.7. The van der Waals surface area contributed by atoms with Crippen LogP contribution in [0.15, 0.2) is 12.1 Å².